The molecule has 0 fully saturated rings. The van der Waals surface area contributed by atoms with Crippen molar-refractivity contribution in [1.29, 1.82) is 0 Å². The highest BCUT2D eigenvalue weighted by Crippen LogP contribution is 2.56. The lowest BCUT2D eigenvalue weighted by molar-refractivity contribution is 0.299. The maximum atomic E-state index is 5.02. The van der Waals surface area contributed by atoms with Crippen LogP contribution >= 0.6 is 0 Å². The highest BCUT2D eigenvalue weighted by Gasteiger charge is 2.46. The molecule has 0 unspecified atom stereocenters. The van der Waals surface area contributed by atoms with Crippen LogP contribution in [0.25, 0.3) is 67.5 Å². The summed E-state index contributed by atoms with van der Waals surface area (Å²) in [5.74, 6) is 1.98. The third-order valence-electron chi connectivity index (χ3n) is 10.5. The number of hydrogen-bond donors (Lipinski definition) is 0. The largest absolute Gasteiger partial charge is 0.208 e. The molecule has 1 heterocycles. The van der Waals surface area contributed by atoms with Gasteiger partial charge in [0.05, 0.1) is 0 Å². The monoisotopic (exact) mass is 619 g/mol. The van der Waals surface area contributed by atoms with E-state index in [0.29, 0.717) is 17.5 Å². The van der Waals surface area contributed by atoms with Crippen molar-refractivity contribution in [3.05, 3.63) is 163 Å². The van der Waals surface area contributed by atoms with Gasteiger partial charge in [-0.05, 0) is 67.5 Å². The van der Waals surface area contributed by atoms with E-state index in [0.717, 1.165) is 22.3 Å². The fraction of sp³-hybridized carbons (Fsp3) is 0.133. The van der Waals surface area contributed by atoms with Crippen LogP contribution in [-0.2, 0) is 10.8 Å². The predicted octanol–water partition coefficient (Wildman–Crippen LogP) is 11.4. The van der Waals surface area contributed by atoms with Crippen molar-refractivity contribution < 1.29 is 0 Å². The maximum absolute atomic E-state index is 5.02. The summed E-state index contributed by atoms with van der Waals surface area (Å²) in [6, 6.07) is 53.5. The van der Waals surface area contributed by atoms with Crippen LogP contribution in [0.15, 0.2) is 152 Å². The van der Waals surface area contributed by atoms with Crippen LogP contribution in [-0.4, -0.2) is 15.0 Å². The Labute approximate surface area is 283 Å². The molecule has 1 aromatic heterocycles. The molecule has 1 aliphatic carbocycles. The molecule has 0 radical (unpaired) electrons. The van der Waals surface area contributed by atoms with Gasteiger partial charge in [0, 0.05) is 16.7 Å². The molecule has 0 spiro atoms. The average molecular weight is 620 g/mol. The van der Waals surface area contributed by atoms with Gasteiger partial charge in [-0.3, -0.25) is 0 Å². The first-order valence-electron chi connectivity index (χ1n) is 16.6. The van der Waals surface area contributed by atoms with Gasteiger partial charge in [0.1, 0.15) is 0 Å². The van der Waals surface area contributed by atoms with E-state index in [1.54, 1.807) is 0 Å². The topological polar surface area (TPSA) is 38.7 Å². The standard InChI is InChI=1S/C45H37N3/c1-44(2)38-25-15-24-36(40(38)37-27-26-33(29-39(37)45(44,3)4)30-16-8-5-9-17-30)34-22-14-23-35(28-34)43-47-41(31-18-10-6-11-19-31)46-42(48-43)32-20-12-7-13-21-32/h5-29H,1-4H3. The van der Waals surface area contributed by atoms with Gasteiger partial charge in [-0.25, -0.2) is 15.0 Å². The Morgan fingerprint density at radius 1 is 0.333 bits per heavy atom. The lowest BCUT2D eigenvalue weighted by Gasteiger charge is -2.49. The summed E-state index contributed by atoms with van der Waals surface area (Å²) in [5.41, 5.74) is 12.9. The first-order chi connectivity index (χ1) is 23.3. The van der Waals surface area contributed by atoms with Crippen molar-refractivity contribution in [2.45, 2.75) is 38.5 Å². The molecule has 232 valence electrons. The van der Waals surface area contributed by atoms with Crippen molar-refractivity contribution in [3.8, 4) is 67.5 Å². The maximum Gasteiger partial charge on any atom is 0.164 e. The number of hydrogen-bond acceptors (Lipinski definition) is 3. The van der Waals surface area contributed by atoms with Crippen LogP contribution in [0.5, 0.6) is 0 Å². The van der Waals surface area contributed by atoms with E-state index < -0.39 is 0 Å². The smallest absolute Gasteiger partial charge is 0.164 e. The van der Waals surface area contributed by atoms with E-state index in [9.17, 15) is 0 Å². The molecule has 3 nitrogen and oxygen atoms in total. The first kappa shape index (κ1) is 29.7. The number of rotatable bonds is 5. The van der Waals surface area contributed by atoms with Crippen LogP contribution in [0.3, 0.4) is 0 Å². The molecule has 0 aliphatic heterocycles. The fourth-order valence-corrected chi connectivity index (χ4v) is 7.13. The van der Waals surface area contributed by atoms with Gasteiger partial charge in [0.25, 0.3) is 0 Å². The molecule has 1 aliphatic rings. The third kappa shape index (κ3) is 4.94. The number of aromatic nitrogens is 3. The zero-order valence-corrected chi connectivity index (χ0v) is 27.8. The van der Waals surface area contributed by atoms with Crippen molar-refractivity contribution in [2.24, 2.45) is 0 Å². The molecule has 0 saturated heterocycles. The molecule has 0 bridgehead atoms. The van der Waals surface area contributed by atoms with E-state index in [4.69, 9.17) is 15.0 Å². The highest BCUT2D eigenvalue weighted by molar-refractivity contribution is 5.92. The van der Waals surface area contributed by atoms with Crippen molar-refractivity contribution >= 4 is 0 Å². The van der Waals surface area contributed by atoms with E-state index in [2.05, 4.69) is 119 Å². The second kappa shape index (κ2) is 11.5. The van der Waals surface area contributed by atoms with Gasteiger partial charge >= 0.3 is 0 Å². The average Bonchev–Trinajstić information content (AvgIpc) is 3.14. The van der Waals surface area contributed by atoms with E-state index in [1.165, 1.54) is 38.9 Å². The van der Waals surface area contributed by atoms with Crippen LogP contribution < -0.4 is 0 Å². The molecular formula is C45H37N3. The van der Waals surface area contributed by atoms with Gasteiger partial charge in [-0.2, -0.15) is 0 Å². The molecule has 3 heteroatoms. The van der Waals surface area contributed by atoms with E-state index in [1.807, 2.05) is 60.7 Å². The summed E-state index contributed by atoms with van der Waals surface area (Å²) < 4.78 is 0. The van der Waals surface area contributed by atoms with Gasteiger partial charge in [-0.15, -0.1) is 0 Å². The lowest BCUT2D eigenvalue weighted by Crippen LogP contribution is -2.43. The number of fused-ring (bicyclic) bond motifs is 3. The molecule has 8 rings (SSSR count). The second-order valence-corrected chi connectivity index (χ2v) is 13.7. The van der Waals surface area contributed by atoms with Crippen LogP contribution in [0.4, 0.5) is 0 Å². The van der Waals surface area contributed by atoms with Gasteiger partial charge in [-0.1, -0.05) is 167 Å². The molecule has 6 aromatic carbocycles. The molecule has 7 aromatic rings. The Morgan fingerprint density at radius 2 is 0.812 bits per heavy atom. The van der Waals surface area contributed by atoms with Crippen LogP contribution in [0.2, 0.25) is 0 Å². The lowest BCUT2D eigenvalue weighted by atomic mass is 9.54. The van der Waals surface area contributed by atoms with Crippen LogP contribution in [0, 0.1) is 0 Å². The Balaban J connectivity index is 1.30. The Hall–Kier alpha value is -5.67. The van der Waals surface area contributed by atoms with Gasteiger partial charge in [0.2, 0.25) is 0 Å². The minimum atomic E-state index is -0.109. The summed E-state index contributed by atoms with van der Waals surface area (Å²) in [6.45, 7) is 9.58. The van der Waals surface area contributed by atoms with Gasteiger partial charge in [0.15, 0.2) is 17.5 Å². The summed E-state index contributed by atoms with van der Waals surface area (Å²) in [5, 5.41) is 0. The molecule has 0 N–H and O–H groups in total. The Kier molecular flexibility index (Phi) is 7.14. The summed E-state index contributed by atoms with van der Waals surface area (Å²) in [6.07, 6.45) is 0. The minimum absolute atomic E-state index is 0.0901. The summed E-state index contributed by atoms with van der Waals surface area (Å²) in [7, 11) is 0. The van der Waals surface area contributed by atoms with E-state index in [-0.39, 0.29) is 10.8 Å². The van der Waals surface area contributed by atoms with E-state index >= 15 is 0 Å². The first-order valence-corrected chi connectivity index (χ1v) is 16.6. The van der Waals surface area contributed by atoms with Crippen molar-refractivity contribution in [1.82, 2.24) is 15.0 Å². The predicted molar refractivity (Wildman–Crippen MR) is 198 cm³/mol. The molecular weight excluding hydrogens is 583 g/mol. The summed E-state index contributed by atoms with van der Waals surface area (Å²) >= 11 is 0. The van der Waals surface area contributed by atoms with Gasteiger partial charge < -0.3 is 0 Å². The molecule has 0 saturated carbocycles. The molecule has 0 atom stereocenters. The highest BCUT2D eigenvalue weighted by atomic mass is 15.0. The Bertz CT molecular complexity index is 2210. The fourth-order valence-electron chi connectivity index (χ4n) is 7.13. The third-order valence-corrected chi connectivity index (χ3v) is 10.5. The Morgan fingerprint density at radius 3 is 1.42 bits per heavy atom. The summed E-state index contributed by atoms with van der Waals surface area (Å²) in [4.78, 5) is 14.9. The zero-order valence-electron chi connectivity index (χ0n) is 27.8. The van der Waals surface area contributed by atoms with Crippen molar-refractivity contribution in [3.63, 3.8) is 0 Å². The minimum Gasteiger partial charge on any atom is -0.208 e. The second-order valence-electron chi connectivity index (χ2n) is 13.7. The van der Waals surface area contributed by atoms with Crippen molar-refractivity contribution in [2.75, 3.05) is 0 Å². The quantitative estimate of drug-likeness (QED) is 0.192. The molecule has 0 amide bonds. The SMILES string of the molecule is CC1(C)c2cc(-c3ccccc3)ccc2-c2c(-c3cccc(-c4nc(-c5ccccc5)nc(-c5ccccc5)n4)c3)cccc2C1(C)C. The zero-order chi connectivity index (χ0) is 32.9. The number of benzene rings is 6. The number of nitrogens with zero attached hydrogens (tertiary/aromatic N) is 3. The normalized spacial score (nSPS) is 14.2. The molecule has 48 heavy (non-hydrogen) atoms. The van der Waals surface area contributed by atoms with Crippen LogP contribution in [0.1, 0.15) is 38.8 Å².